The van der Waals surface area contributed by atoms with Crippen LogP contribution in [0.4, 0.5) is 5.69 Å². The van der Waals surface area contributed by atoms with Gasteiger partial charge in [0, 0.05) is 23.0 Å². The molecule has 0 unspecified atom stereocenters. The fourth-order valence-electron chi connectivity index (χ4n) is 4.38. The summed E-state index contributed by atoms with van der Waals surface area (Å²) in [4.78, 5) is 24.5. The Balaban J connectivity index is 1.66. The Morgan fingerprint density at radius 2 is 1.68 bits per heavy atom. The maximum Gasteiger partial charge on any atom is 0.337 e. The molecular weight excluding hydrogens is 464 g/mol. The van der Waals surface area contributed by atoms with Crippen molar-refractivity contribution in [2.75, 3.05) is 41.3 Å². The minimum Gasteiger partial charge on any atom is -0.494 e. The van der Waals surface area contributed by atoms with Gasteiger partial charge >= 0.3 is 5.97 Å². The van der Waals surface area contributed by atoms with Gasteiger partial charge in [-0.3, -0.25) is 0 Å². The first-order valence-corrected chi connectivity index (χ1v) is 12.4. The number of rotatable bonds is 10. The molecule has 0 fully saturated rings. The van der Waals surface area contributed by atoms with Gasteiger partial charge in [0.1, 0.15) is 0 Å². The second kappa shape index (κ2) is 11.9. The number of aliphatic imine (C=N–C) groups is 1. The van der Waals surface area contributed by atoms with Crippen molar-refractivity contribution in [1.82, 2.24) is 14.8 Å². The number of hydrogen-bond donors (Lipinski definition) is 2. The molecule has 192 valence electrons. The molecule has 4 aromatic rings. The number of aromatic hydroxyl groups is 1. The van der Waals surface area contributed by atoms with Crippen molar-refractivity contribution in [2.24, 2.45) is 4.99 Å². The summed E-state index contributed by atoms with van der Waals surface area (Å²) < 4.78 is 4.84. The molecule has 7 nitrogen and oxygen atoms in total. The predicted octanol–water partition coefficient (Wildman–Crippen LogP) is 5.21. The van der Waals surface area contributed by atoms with Gasteiger partial charge in [-0.2, -0.15) is 0 Å². The van der Waals surface area contributed by atoms with E-state index in [1.165, 1.54) is 12.7 Å². The van der Waals surface area contributed by atoms with E-state index in [1.807, 2.05) is 42.5 Å². The summed E-state index contributed by atoms with van der Waals surface area (Å²) in [6.07, 6.45) is 1.13. The molecule has 4 rings (SSSR count). The Hall–Kier alpha value is -3.94. The number of aromatic nitrogens is 1. The van der Waals surface area contributed by atoms with Crippen LogP contribution < -0.4 is 0 Å². The van der Waals surface area contributed by atoms with E-state index in [0.29, 0.717) is 22.4 Å². The number of hydrogen-bond acceptors (Lipinski definition) is 6. The molecule has 0 spiro atoms. The maximum atomic E-state index is 12.0. The Labute approximate surface area is 218 Å². The zero-order valence-electron chi connectivity index (χ0n) is 21.9. The molecule has 3 aromatic carbocycles. The number of carbonyl (C=O) groups is 1. The first-order chi connectivity index (χ1) is 17.9. The molecule has 0 bridgehead atoms. The van der Waals surface area contributed by atoms with Crippen molar-refractivity contribution in [3.05, 3.63) is 95.1 Å². The van der Waals surface area contributed by atoms with Crippen molar-refractivity contribution < 1.29 is 14.6 Å². The van der Waals surface area contributed by atoms with Gasteiger partial charge in [0.05, 0.1) is 29.6 Å². The third kappa shape index (κ3) is 6.44. The summed E-state index contributed by atoms with van der Waals surface area (Å²) in [5, 5.41) is 11.7. The van der Waals surface area contributed by atoms with Crippen LogP contribution in [0.15, 0.2) is 77.8 Å². The minimum absolute atomic E-state index is 0.00409. The molecule has 0 aliphatic carbocycles. The van der Waals surface area contributed by atoms with Crippen LogP contribution in [0.5, 0.6) is 5.88 Å². The summed E-state index contributed by atoms with van der Waals surface area (Å²) in [5.41, 5.74) is 5.15. The van der Waals surface area contributed by atoms with E-state index in [4.69, 9.17) is 9.73 Å². The summed E-state index contributed by atoms with van der Waals surface area (Å²) >= 11 is 0. The van der Waals surface area contributed by atoms with E-state index >= 15 is 0 Å². The topological polar surface area (TPSA) is 81.2 Å². The highest BCUT2D eigenvalue weighted by molar-refractivity contribution is 6.22. The number of nitrogens with one attached hydrogen (secondary N) is 1. The molecule has 37 heavy (non-hydrogen) atoms. The molecule has 1 heterocycles. The van der Waals surface area contributed by atoms with Gasteiger partial charge in [-0.15, -0.1) is 0 Å². The highest BCUT2D eigenvalue weighted by Gasteiger charge is 2.20. The Kier molecular flexibility index (Phi) is 8.38. The number of methoxy groups -OCH3 is 1. The molecule has 0 radical (unpaired) electrons. The standard InChI is InChI=1S/C30H34N4O3/c1-33(2)17-8-18-34(3)20-21-11-14-24(15-12-21)31-28(22-9-6-5-7-10-22)27-25-16-13-23(30(36)37-4)19-26(25)32-29(27)35/h5-7,9-16,19,32,35H,8,17-18,20H2,1-4H3. The number of esters is 1. The second-order valence-electron chi connectivity index (χ2n) is 9.49. The Morgan fingerprint density at radius 3 is 2.35 bits per heavy atom. The number of aromatic amines is 1. The fraction of sp³-hybridized carbons (Fsp3) is 0.267. The van der Waals surface area contributed by atoms with Gasteiger partial charge in [0.25, 0.3) is 0 Å². The average Bonchev–Trinajstić information content (AvgIpc) is 3.22. The Bertz CT molecular complexity index is 1380. The molecule has 2 N–H and O–H groups in total. The molecule has 0 aliphatic heterocycles. The van der Waals surface area contributed by atoms with E-state index < -0.39 is 5.97 Å². The maximum absolute atomic E-state index is 12.0. The van der Waals surface area contributed by atoms with Gasteiger partial charge < -0.3 is 24.6 Å². The van der Waals surface area contributed by atoms with Gasteiger partial charge in [-0.05, 0) is 70.5 Å². The van der Waals surface area contributed by atoms with Crippen molar-refractivity contribution >= 4 is 28.3 Å². The van der Waals surface area contributed by atoms with Gasteiger partial charge in [-0.1, -0.05) is 48.5 Å². The molecule has 0 saturated heterocycles. The van der Waals surface area contributed by atoms with Crippen molar-refractivity contribution in [1.29, 1.82) is 0 Å². The lowest BCUT2D eigenvalue weighted by atomic mass is 10.00. The van der Waals surface area contributed by atoms with Crippen LogP contribution in [0.1, 0.15) is 33.5 Å². The normalized spacial score (nSPS) is 12.0. The predicted molar refractivity (Wildman–Crippen MR) is 149 cm³/mol. The van der Waals surface area contributed by atoms with Crippen LogP contribution >= 0.6 is 0 Å². The second-order valence-corrected chi connectivity index (χ2v) is 9.49. The van der Waals surface area contributed by atoms with Crippen LogP contribution in [0.3, 0.4) is 0 Å². The number of ether oxygens (including phenoxy) is 1. The number of benzene rings is 3. The number of carbonyl (C=O) groups excluding carboxylic acids is 1. The summed E-state index contributed by atoms with van der Waals surface area (Å²) in [7, 11) is 7.68. The quantitative estimate of drug-likeness (QED) is 0.232. The first-order valence-electron chi connectivity index (χ1n) is 12.4. The van der Waals surface area contributed by atoms with Crippen LogP contribution in [0, 0.1) is 0 Å². The summed E-state index contributed by atoms with van der Waals surface area (Å²) in [6.45, 7) is 2.98. The third-order valence-electron chi connectivity index (χ3n) is 6.26. The van der Waals surface area contributed by atoms with Crippen LogP contribution in [0.25, 0.3) is 10.9 Å². The monoisotopic (exact) mass is 498 g/mol. The third-order valence-corrected chi connectivity index (χ3v) is 6.26. The van der Waals surface area contributed by atoms with E-state index in [2.05, 4.69) is 48.1 Å². The molecular formula is C30H34N4O3. The van der Waals surface area contributed by atoms with Crippen molar-refractivity contribution in [3.8, 4) is 5.88 Å². The minimum atomic E-state index is -0.432. The summed E-state index contributed by atoms with van der Waals surface area (Å²) in [6, 6.07) is 23.2. The lowest BCUT2D eigenvalue weighted by Crippen LogP contribution is -2.23. The highest BCUT2D eigenvalue weighted by atomic mass is 16.5. The molecule has 0 saturated carbocycles. The van der Waals surface area contributed by atoms with E-state index in [-0.39, 0.29) is 5.88 Å². The number of fused-ring (bicyclic) bond motifs is 1. The van der Waals surface area contributed by atoms with E-state index in [1.54, 1.807) is 18.2 Å². The van der Waals surface area contributed by atoms with Gasteiger partial charge in [-0.25, -0.2) is 9.79 Å². The summed E-state index contributed by atoms with van der Waals surface area (Å²) in [5.74, 6) is -0.437. The number of H-pyrrole nitrogens is 1. The van der Waals surface area contributed by atoms with Crippen LogP contribution in [0.2, 0.25) is 0 Å². The largest absolute Gasteiger partial charge is 0.494 e. The van der Waals surface area contributed by atoms with Gasteiger partial charge in [0.15, 0.2) is 5.88 Å². The fourth-order valence-corrected chi connectivity index (χ4v) is 4.38. The van der Waals surface area contributed by atoms with E-state index in [0.717, 1.165) is 42.7 Å². The van der Waals surface area contributed by atoms with Crippen LogP contribution in [-0.4, -0.2) is 72.9 Å². The number of nitrogens with zero attached hydrogens (tertiary/aromatic N) is 3. The molecule has 0 atom stereocenters. The molecule has 1 aromatic heterocycles. The lowest BCUT2D eigenvalue weighted by molar-refractivity contribution is 0.0601. The van der Waals surface area contributed by atoms with E-state index in [9.17, 15) is 9.90 Å². The molecule has 0 amide bonds. The first kappa shape index (κ1) is 26.1. The zero-order valence-corrected chi connectivity index (χ0v) is 21.9. The average molecular weight is 499 g/mol. The molecule has 7 heteroatoms. The SMILES string of the molecule is COC(=O)c1ccc2c(C(=Nc3ccc(CN(C)CCCN(C)C)cc3)c3ccccc3)c(O)[nH]c2c1. The van der Waals surface area contributed by atoms with Gasteiger partial charge in [0.2, 0.25) is 0 Å². The van der Waals surface area contributed by atoms with Crippen molar-refractivity contribution in [3.63, 3.8) is 0 Å². The highest BCUT2D eigenvalue weighted by Crippen LogP contribution is 2.32. The smallest absolute Gasteiger partial charge is 0.337 e. The Morgan fingerprint density at radius 1 is 0.946 bits per heavy atom. The molecule has 0 aliphatic rings. The van der Waals surface area contributed by atoms with Crippen molar-refractivity contribution in [2.45, 2.75) is 13.0 Å². The lowest BCUT2D eigenvalue weighted by Gasteiger charge is -2.18. The van der Waals surface area contributed by atoms with Crippen LogP contribution in [-0.2, 0) is 11.3 Å². The zero-order chi connectivity index (χ0) is 26.4.